The molecule has 0 bridgehead atoms. The topological polar surface area (TPSA) is 24.5 Å². The van der Waals surface area contributed by atoms with Gasteiger partial charge in [-0.1, -0.05) is 22.0 Å². The number of nitrogens with zero attached hydrogens (tertiary/aromatic N) is 1. The monoisotopic (exact) mass is 334 g/mol. The van der Waals surface area contributed by atoms with Gasteiger partial charge in [0, 0.05) is 42.1 Å². The van der Waals surface area contributed by atoms with E-state index in [0.717, 1.165) is 28.0 Å². The molecule has 0 heterocycles. The average molecular weight is 335 g/mol. The fourth-order valence-electron chi connectivity index (χ4n) is 1.98. The minimum Gasteiger partial charge on any atom is -0.496 e. The van der Waals surface area contributed by atoms with E-state index in [4.69, 9.17) is 4.74 Å². The van der Waals surface area contributed by atoms with Gasteiger partial charge in [0.05, 0.1) is 7.11 Å². The molecule has 0 saturated carbocycles. The molecule has 0 unspecified atom stereocenters. The van der Waals surface area contributed by atoms with Gasteiger partial charge in [-0.3, -0.25) is 0 Å². The van der Waals surface area contributed by atoms with Crippen LogP contribution in [0.15, 0.2) is 46.9 Å². The van der Waals surface area contributed by atoms with Crippen LogP contribution in [-0.2, 0) is 6.54 Å². The van der Waals surface area contributed by atoms with Gasteiger partial charge < -0.3 is 15.0 Å². The van der Waals surface area contributed by atoms with E-state index in [-0.39, 0.29) is 0 Å². The van der Waals surface area contributed by atoms with E-state index in [9.17, 15) is 0 Å². The van der Waals surface area contributed by atoms with E-state index in [2.05, 4.69) is 56.5 Å². The van der Waals surface area contributed by atoms with E-state index in [1.807, 2.05) is 26.2 Å². The van der Waals surface area contributed by atoms with E-state index in [1.165, 1.54) is 5.69 Å². The van der Waals surface area contributed by atoms with Crippen LogP contribution in [0.3, 0.4) is 0 Å². The molecule has 1 N–H and O–H groups in total. The van der Waals surface area contributed by atoms with Crippen molar-refractivity contribution in [3.63, 3.8) is 0 Å². The van der Waals surface area contributed by atoms with E-state index in [0.29, 0.717) is 0 Å². The first-order valence-corrected chi connectivity index (χ1v) is 7.23. The highest BCUT2D eigenvalue weighted by Gasteiger charge is 2.04. The van der Waals surface area contributed by atoms with Crippen molar-refractivity contribution >= 4 is 27.3 Å². The summed E-state index contributed by atoms with van der Waals surface area (Å²) in [7, 11) is 5.77. The molecule has 106 valence electrons. The summed E-state index contributed by atoms with van der Waals surface area (Å²) in [5.41, 5.74) is 3.39. The smallest absolute Gasteiger partial charge is 0.123 e. The summed E-state index contributed by atoms with van der Waals surface area (Å²) in [4.78, 5) is 2.09. The Kier molecular flexibility index (Phi) is 4.90. The van der Waals surface area contributed by atoms with Crippen molar-refractivity contribution in [1.82, 2.24) is 0 Å². The van der Waals surface area contributed by atoms with Crippen LogP contribution in [0.4, 0.5) is 11.4 Å². The van der Waals surface area contributed by atoms with Crippen molar-refractivity contribution in [3.05, 3.63) is 52.5 Å². The van der Waals surface area contributed by atoms with Gasteiger partial charge >= 0.3 is 0 Å². The molecular formula is C16H19BrN2O. The molecular weight excluding hydrogens is 316 g/mol. The van der Waals surface area contributed by atoms with Crippen LogP contribution in [0.25, 0.3) is 0 Å². The lowest BCUT2D eigenvalue weighted by Crippen LogP contribution is -2.09. The molecule has 20 heavy (non-hydrogen) atoms. The molecule has 0 aliphatic rings. The quantitative estimate of drug-likeness (QED) is 0.889. The third-order valence-corrected chi connectivity index (χ3v) is 3.58. The zero-order valence-electron chi connectivity index (χ0n) is 12.0. The van der Waals surface area contributed by atoms with Crippen molar-refractivity contribution in [2.24, 2.45) is 0 Å². The molecule has 4 heteroatoms. The standard InChI is InChI=1S/C16H19BrN2O/c1-19(2)15-6-4-5-14(10-15)18-11-12-9-13(17)7-8-16(12)20-3/h4-10,18H,11H2,1-3H3. The van der Waals surface area contributed by atoms with Crippen LogP contribution in [0.5, 0.6) is 5.75 Å². The molecule has 3 nitrogen and oxygen atoms in total. The maximum Gasteiger partial charge on any atom is 0.123 e. The Labute approximate surface area is 128 Å². The Morgan fingerprint density at radius 1 is 1.15 bits per heavy atom. The van der Waals surface area contributed by atoms with E-state index < -0.39 is 0 Å². The average Bonchev–Trinajstić information content (AvgIpc) is 2.45. The number of methoxy groups -OCH3 is 1. The first-order chi connectivity index (χ1) is 9.60. The second-order valence-corrected chi connectivity index (χ2v) is 5.67. The molecule has 0 radical (unpaired) electrons. The fraction of sp³-hybridized carbons (Fsp3) is 0.250. The van der Waals surface area contributed by atoms with Crippen LogP contribution >= 0.6 is 15.9 Å². The molecule has 0 fully saturated rings. The molecule has 0 atom stereocenters. The van der Waals surface area contributed by atoms with E-state index >= 15 is 0 Å². The Morgan fingerprint density at radius 3 is 2.65 bits per heavy atom. The van der Waals surface area contributed by atoms with Gasteiger partial charge in [0.25, 0.3) is 0 Å². The lowest BCUT2D eigenvalue weighted by molar-refractivity contribution is 0.410. The summed E-state index contributed by atoms with van der Waals surface area (Å²) < 4.78 is 6.43. The van der Waals surface area contributed by atoms with Crippen LogP contribution < -0.4 is 15.0 Å². The largest absolute Gasteiger partial charge is 0.496 e. The number of rotatable bonds is 5. The SMILES string of the molecule is COc1ccc(Br)cc1CNc1cccc(N(C)C)c1. The normalized spacial score (nSPS) is 10.2. The summed E-state index contributed by atoms with van der Waals surface area (Å²) in [6.45, 7) is 0.722. The molecule has 0 amide bonds. The maximum absolute atomic E-state index is 5.38. The minimum absolute atomic E-state index is 0.722. The summed E-state index contributed by atoms with van der Waals surface area (Å²) in [5, 5.41) is 3.43. The molecule has 2 aromatic rings. The van der Waals surface area contributed by atoms with Crippen molar-refractivity contribution in [2.45, 2.75) is 6.54 Å². The van der Waals surface area contributed by atoms with Gasteiger partial charge in [0.2, 0.25) is 0 Å². The van der Waals surface area contributed by atoms with Crippen molar-refractivity contribution in [1.29, 1.82) is 0 Å². The molecule has 0 spiro atoms. The lowest BCUT2D eigenvalue weighted by Gasteiger charge is -2.15. The van der Waals surface area contributed by atoms with Gasteiger partial charge in [0.1, 0.15) is 5.75 Å². The highest BCUT2D eigenvalue weighted by Crippen LogP contribution is 2.24. The Balaban J connectivity index is 2.12. The van der Waals surface area contributed by atoms with Gasteiger partial charge in [-0.15, -0.1) is 0 Å². The Hall–Kier alpha value is -1.68. The van der Waals surface area contributed by atoms with E-state index in [1.54, 1.807) is 7.11 Å². The van der Waals surface area contributed by atoms with Crippen LogP contribution in [0.2, 0.25) is 0 Å². The Bertz CT molecular complexity index is 584. The molecule has 2 rings (SSSR count). The van der Waals surface area contributed by atoms with Crippen molar-refractivity contribution < 1.29 is 4.74 Å². The first kappa shape index (κ1) is 14.7. The summed E-state index contributed by atoms with van der Waals surface area (Å²) in [6.07, 6.45) is 0. The molecule has 0 aliphatic heterocycles. The number of nitrogens with one attached hydrogen (secondary N) is 1. The number of hydrogen-bond donors (Lipinski definition) is 1. The number of benzene rings is 2. The van der Waals surface area contributed by atoms with Gasteiger partial charge in [0.15, 0.2) is 0 Å². The van der Waals surface area contributed by atoms with Gasteiger partial charge in [-0.05, 0) is 36.4 Å². The molecule has 0 aromatic heterocycles. The maximum atomic E-state index is 5.38. The Morgan fingerprint density at radius 2 is 1.95 bits per heavy atom. The highest BCUT2D eigenvalue weighted by atomic mass is 79.9. The predicted molar refractivity (Wildman–Crippen MR) is 88.8 cm³/mol. The molecule has 0 saturated heterocycles. The number of halogens is 1. The first-order valence-electron chi connectivity index (χ1n) is 6.44. The van der Waals surface area contributed by atoms with Crippen molar-refractivity contribution in [2.75, 3.05) is 31.4 Å². The summed E-state index contributed by atoms with van der Waals surface area (Å²) in [6, 6.07) is 14.4. The molecule has 0 aliphatic carbocycles. The molecule has 2 aromatic carbocycles. The predicted octanol–water partition coefficient (Wildman–Crippen LogP) is 4.14. The second-order valence-electron chi connectivity index (χ2n) is 4.75. The highest BCUT2D eigenvalue weighted by molar-refractivity contribution is 9.10. The van der Waals surface area contributed by atoms with Gasteiger partial charge in [-0.2, -0.15) is 0 Å². The number of anilines is 2. The third-order valence-electron chi connectivity index (χ3n) is 3.09. The second kappa shape index (κ2) is 6.66. The van der Waals surface area contributed by atoms with Gasteiger partial charge in [-0.25, -0.2) is 0 Å². The third kappa shape index (κ3) is 3.67. The zero-order valence-corrected chi connectivity index (χ0v) is 13.6. The summed E-state index contributed by atoms with van der Waals surface area (Å²) in [5.74, 6) is 0.893. The summed E-state index contributed by atoms with van der Waals surface area (Å²) >= 11 is 3.49. The van der Waals surface area contributed by atoms with Crippen LogP contribution in [0, 0.1) is 0 Å². The fourth-order valence-corrected chi connectivity index (χ4v) is 2.39. The van der Waals surface area contributed by atoms with Crippen LogP contribution in [-0.4, -0.2) is 21.2 Å². The minimum atomic E-state index is 0.722. The number of hydrogen-bond acceptors (Lipinski definition) is 3. The number of ether oxygens (including phenoxy) is 1. The zero-order chi connectivity index (χ0) is 14.5. The van der Waals surface area contributed by atoms with Crippen molar-refractivity contribution in [3.8, 4) is 5.75 Å². The van der Waals surface area contributed by atoms with Crippen LogP contribution in [0.1, 0.15) is 5.56 Å². The lowest BCUT2D eigenvalue weighted by atomic mass is 10.2.